The van der Waals surface area contributed by atoms with Crippen LogP contribution in [0.4, 0.5) is 0 Å². The molecule has 18 heavy (non-hydrogen) atoms. The molecule has 4 heteroatoms. The quantitative estimate of drug-likeness (QED) is 0.640. The van der Waals surface area contributed by atoms with Crippen molar-refractivity contribution >= 4 is 0 Å². The van der Waals surface area contributed by atoms with E-state index in [2.05, 4.69) is 27.3 Å². The fourth-order valence-electron chi connectivity index (χ4n) is 1.53. The van der Waals surface area contributed by atoms with E-state index in [4.69, 9.17) is 4.52 Å². The normalized spacial score (nSPS) is 9.83. The van der Waals surface area contributed by atoms with E-state index in [0.717, 1.165) is 0 Å². The maximum atomic E-state index is 5.15. The van der Waals surface area contributed by atoms with Crippen molar-refractivity contribution in [2.24, 2.45) is 0 Å². The van der Waals surface area contributed by atoms with Crippen LogP contribution in [0, 0.1) is 11.8 Å². The Labute approximate surface area is 106 Å². The highest BCUT2D eigenvalue weighted by Crippen LogP contribution is 2.06. The van der Waals surface area contributed by atoms with Gasteiger partial charge in [0.05, 0.1) is 13.1 Å². The number of rotatable bonds is 5. The summed E-state index contributed by atoms with van der Waals surface area (Å²) >= 11 is 0. The van der Waals surface area contributed by atoms with Crippen molar-refractivity contribution in [3.05, 3.63) is 47.6 Å². The molecular weight excluding hydrogens is 226 g/mol. The molecule has 2 rings (SSSR count). The fourth-order valence-corrected chi connectivity index (χ4v) is 1.53. The Balaban J connectivity index is 1.87. The van der Waals surface area contributed by atoms with Gasteiger partial charge in [0, 0.05) is 6.42 Å². The van der Waals surface area contributed by atoms with E-state index in [1.807, 2.05) is 37.3 Å². The van der Waals surface area contributed by atoms with Crippen molar-refractivity contribution < 1.29 is 4.52 Å². The molecule has 0 spiro atoms. The summed E-state index contributed by atoms with van der Waals surface area (Å²) < 4.78 is 5.15. The van der Waals surface area contributed by atoms with E-state index in [1.54, 1.807) is 0 Å². The zero-order chi connectivity index (χ0) is 12.6. The number of aromatic nitrogens is 2. The molecular formula is C14H15N3O. The summed E-state index contributed by atoms with van der Waals surface area (Å²) in [6.45, 7) is 3.00. The third-order valence-electron chi connectivity index (χ3n) is 2.38. The van der Waals surface area contributed by atoms with Crippen molar-refractivity contribution in [1.29, 1.82) is 0 Å². The van der Waals surface area contributed by atoms with E-state index >= 15 is 0 Å². The molecule has 0 aliphatic rings. The summed E-state index contributed by atoms with van der Waals surface area (Å²) in [5.41, 5.74) is 1.18. The summed E-state index contributed by atoms with van der Waals surface area (Å²) in [6.07, 6.45) is 0.694. The average molecular weight is 241 g/mol. The van der Waals surface area contributed by atoms with Crippen LogP contribution in [0.15, 0.2) is 34.9 Å². The Morgan fingerprint density at radius 1 is 1.28 bits per heavy atom. The molecule has 1 N–H and O–H groups in total. The van der Waals surface area contributed by atoms with E-state index in [9.17, 15) is 0 Å². The predicted molar refractivity (Wildman–Crippen MR) is 68.7 cm³/mol. The smallest absolute Gasteiger partial charge is 0.240 e. The summed E-state index contributed by atoms with van der Waals surface area (Å²) in [6, 6.07) is 10.1. The van der Waals surface area contributed by atoms with Crippen LogP contribution in [-0.4, -0.2) is 16.7 Å². The molecule has 1 aromatic carbocycles. The second-order valence-corrected chi connectivity index (χ2v) is 3.80. The lowest BCUT2D eigenvalue weighted by Crippen LogP contribution is -2.13. The minimum Gasteiger partial charge on any atom is -0.338 e. The van der Waals surface area contributed by atoms with Crippen LogP contribution in [0.1, 0.15) is 24.2 Å². The molecule has 0 saturated heterocycles. The van der Waals surface area contributed by atoms with Gasteiger partial charge in [-0.1, -0.05) is 41.4 Å². The van der Waals surface area contributed by atoms with Gasteiger partial charge in [0.15, 0.2) is 5.82 Å². The number of hydrogen-bond acceptors (Lipinski definition) is 4. The van der Waals surface area contributed by atoms with Crippen molar-refractivity contribution in [3.63, 3.8) is 0 Å². The van der Waals surface area contributed by atoms with Crippen molar-refractivity contribution in [2.45, 2.75) is 19.9 Å². The lowest BCUT2D eigenvalue weighted by molar-refractivity contribution is 0.366. The first kappa shape index (κ1) is 12.3. The minimum absolute atomic E-state index is 0.552. The highest BCUT2D eigenvalue weighted by atomic mass is 16.5. The third-order valence-corrected chi connectivity index (χ3v) is 2.38. The molecule has 0 radical (unpaired) electrons. The SMILES string of the molecule is CC#CCNCc1nc(Cc2ccccc2)no1. The topological polar surface area (TPSA) is 51.0 Å². The predicted octanol–water partition coefficient (Wildman–Crippen LogP) is 1.77. The number of hydrogen-bond donors (Lipinski definition) is 1. The zero-order valence-corrected chi connectivity index (χ0v) is 10.3. The van der Waals surface area contributed by atoms with Gasteiger partial charge in [0.1, 0.15) is 0 Å². The summed E-state index contributed by atoms with van der Waals surface area (Å²) in [5.74, 6) is 7.03. The van der Waals surface area contributed by atoms with Gasteiger partial charge in [-0.2, -0.15) is 4.98 Å². The second-order valence-electron chi connectivity index (χ2n) is 3.80. The lowest BCUT2D eigenvalue weighted by atomic mass is 10.1. The molecule has 0 unspecified atom stereocenters. The first-order valence-corrected chi connectivity index (χ1v) is 5.84. The van der Waals surface area contributed by atoms with Gasteiger partial charge in [0.2, 0.25) is 5.89 Å². The van der Waals surface area contributed by atoms with E-state index in [0.29, 0.717) is 31.2 Å². The summed E-state index contributed by atoms with van der Waals surface area (Å²) in [7, 11) is 0. The highest BCUT2D eigenvalue weighted by molar-refractivity contribution is 5.18. The lowest BCUT2D eigenvalue weighted by Gasteiger charge is -1.94. The molecule has 0 fully saturated rings. The summed E-state index contributed by atoms with van der Waals surface area (Å²) in [5, 5.41) is 7.06. The van der Waals surface area contributed by atoms with Crippen LogP contribution in [0.3, 0.4) is 0 Å². The molecule has 0 aliphatic heterocycles. The number of nitrogens with zero attached hydrogens (tertiary/aromatic N) is 2. The molecule has 2 aromatic rings. The molecule has 4 nitrogen and oxygen atoms in total. The van der Waals surface area contributed by atoms with Crippen LogP contribution >= 0.6 is 0 Å². The molecule has 0 amide bonds. The maximum absolute atomic E-state index is 5.15. The Bertz CT molecular complexity index is 537. The monoisotopic (exact) mass is 241 g/mol. The minimum atomic E-state index is 0.552. The highest BCUT2D eigenvalue weighted by Gasteiger charge is 2.05. The second kappa shape index (κ2) is 6.58. The van der Waals surface area contributed by atoms with Gasteiger partial charge >= 0.3 is 0 Å². The van der Waals surface area contributed by atoms with E-state index in [1.165, 1.54) is 5.56 Å². The zero-order valence-electron chi connectivity index (χ0n) is 10.3. The first-order valence-electron chi connectivity index (χ1n) is 5.84. The van der Waals surface area contributed by atoms with Gasteiger partial charge in [-0.05, 0) is 12.5 Å². The van der Waals surface area contributed by atoms with Crippen LogP contribution < -0.4 is 5.32 Å². The Morgan fingerprint density at radius 2 is 2.11 bits per heavy atom. The number of nitrogens with one attached hydrogen (secondary N) is 1. The van der Waals surface area contributed by atoms with Crippen molar-refractivity contribution in [2.75, 3.05) is 6.54 Å². The molecule has 1 heterocycles. The van der Waals surface area contributed by atoms with Crippen LogP contribution in [0.5, 0.6) is 0 Å². The fraction of sp³-hybridized carbons (Fsp3) is 0.286. The number of benzene rings is 1. The Hall–Kier alpha value is -2.12. The molecule has 1 aromatic heterocycles. The van der Waals surface area contributed by atoms with Gasteiger partial charge in [-0.25, -0.2) is 0 Å². The van der Waals surface area contributed by atoms with Crippen molar-refractivity contribution in [1.82, 2.24) is 15.5 Å². The Kier molecular flexibility index (Phi) is 4.51. The van der Waals surface area contributed by atoms with Crippen LogP contribution in [0.25, 0.3) is 0 Å². The molecule has 0 saturated carbocycles. The maximum Gasteiger partial charge on any atom is 0.240 e. The third kappa shape index (κ3) is 3.72. The largest absolute Gasteiger partial charge is 0.338 e. The van der Waals surface area contributed by atoms with E-state index < -0.39 is 0 Å². The molecule has 0 bridgehead atoms. The standard InChI is InChI=1S/C14H15N3O/c1-2-3-9-15-11-14-16-13(17-18-14)10-12-7-5-4-6-8-12/h4-8,15H,9-11H2,1H3. The first-order chi connectivity index (χ1) is 8.88. The molecule has 0 atom stereocenters. The van der Waals surface area contributed by atoms with E-state index in [-0.39, 0.29) is 0 Å². The van der Waals surface area contributed by atoms with Crippen LogP contribution in [0.2, 0.25) is 0 Å². The van der Waals surface area contributed by atoms with Crippen molar-refractivity contribution in [3.8, 4) is 11.8 Å². The van der Waals surface area contributed by atoms with Gasteiger partial charge in [-0.15, -0.1) is 5.92 Å². The van der Waals surface area contributed by atoms with Crippen LogP contribution in [-0.2, 0) is 13.0 Å². The average Bonchev–Trinajstić information content (AvgIpc) is 2.84. The summed E-state index contributed by atoms with van der Waals surface area (Å²) in [4.78, 5) is 4.31. The van der Waals surface area contributed by atoms with Gasteiger partial charge < -0.3 is 4.52 Å². The van der Waals surface area contributed by atoms with Gasteiger partial charge in [-0.3, -0.25) is 5.32 Å². The van der Waals surface area contributed by atoms with Gasteiger partial charge in [0.25, 0.3) is 0 Å². The molecule has 0 aliphatic carbocycles. The Morgan fingerprint density at radius 3 is 2.89 bits per heavy atom. The molecule has 92 valence electrons.